The molecular formula is C13H23NO4. The van der Waals surface area contributed by atoms with Crippen molar-refractivity contribution >= 4 is 5.97 Å². The maximum absolute atomic E-state index is 10.4. The number of rotatable bonds is 5. The third-order valence-electron chi connectivity index (χ3n) is 3.90. The van der Waals surface area contributed by atoms with E-state index in [2.05, 4.69) is 5.32 Å². The second-order valence-corrected chi connectivity index (χ2v) is 5.28. The fraction of sp³-hybridized carbons (Fsp3) is 0.923. The molecule has 2 rings (SSSR count). The molecule has 5 heteroatoms. The Morgan fingerprint density at radius 1 is 1.33 bits per heavy atom. The zero-order valence-electron chi connectivity index (χ0n) is 10.8. The monoisotopic (exact) mass is 257 g/mol. The highest BCUT2D eigenvalue weighted by Gasteiger charge is 2.38. The standard InChI is InChI=1S/C13H23NO4/c15-12(16)2-1-6-14-11-3-7-18-13(10-11)4-8-17-9-5-13/h11,14H,1-10H2,(H,15,16). The minimum Gasteiger partial charge on any atom is -0.481 e. The van der Waals surface area contributed by atoms with Crippen molar-refractivity contribution < 1.29 is 19.4 Å². The quantitative estimate of drug-likeness (QED) is 0.724. The van der Waals surface area contributed by atoms with Gasteiger partial charge in [0.1, 0.15) is 0 Å². The summed E-state index contributed by atoms with van der Waals surface area (Å²) in [6.07, 6.45) is 4.97. The third kappa shape index (κ3) is 3.93. The molecule has 104 valence electrons. The number of ether oxygens (including phenoxy) is 2. The smallest absolute Gasteiger partial charge is 0.303 e. The number of hydrogen-bond acceptors (Lipinski definition) is 4. The average Bonchev–Trinajstić information content (AvgIpc) is 2.36. The fourth-order valence-electron chi connectivity index (χ4n) is 2.84. The lowest BCUT2D eigenvalue weighted by atomic mass is 9.84. The second kappa shape index (κ2) is 6.50. The van der Waals surface area contributed by atoms with Gasteiger partial charge in [-0.05, 0) is 38.6 Å². The molecule has 1 unspecified atom stereocenters. The first-order chi connectivity index (χ1) is 8.70. The molecule has 1 atom stereocenters. The first kappa shape index (κ1) is 13.8. The van der Waals surface area contributed by atoms with E-state index in [1.54, 1.807) is 0 Å². The Hall–Kier alpha value is -0.650. The predicted octanol–water partition coefficient (Wildman–Crippen LogP) is 1.17. The Bertz CT molecular complexity index is 271. The number of aliphatic carboxylic acids is 1. The summed E-state index contributed by atoms with van der Waals surface area (Å²) < 4.78 is 11.4. The predicted molar refractivity (Wildman–Crippen MR) is 66.6 cm³/mol. The van der Waals surface area contributed by atoms with Crippen LogP contribution in [0.4, 0.5) is 0 Å². The van der Waals surface area contributed by atoms with E-state index in [-0.39, 0.29) is 12.0 Å². The van der Waals surface area contributed by atoms with Crippen LogP contribution in [0.15, 0.2) is 0 Å². The van der Waals surface area contributed by atoms with Crippen LogP contribution in [0.3, 0.4) is 0 Å². The molecule has 0 aromatic rings. The molecule has 0 bridgehead atoms. The normalized spacial score (nSPS) is 27.2. The van der Waals surface area contributed by atoms with Gasteiger partial charge in [0.25, 0.3) is 0 Å². The van der Waals surface area contributed by atoms with Crippen molar-refractivity contribution in [2.45, 2.75) is 50.2 Å². The molecule has 2 saturated heterocycles. The van der Waals surface area contributed by atoms with Crippen LogP contribution >= 0.6 is 0 Å². The van der Waals surface area contributed by atoms with E-state index >= 15 is 0 Å². The highest BCUT2D eigenvalue weighted by molar-refractivity contribution is 5.66. The first-order valence-electron chi connectivity index (χ1n) is 6.87. The van der Waals surface area contributed by atoms with E-state index in [9.17, 15) is 4.79 Å². The van der Waals surface area contributed by atoms with E-state index in [0.29, 0.717) is 12.5 Å². The molecule has 0 aromatic carbocycles. The van der Waals surface area contributed by atoms with Crippen molar-refractivity contribution in [3.63, 3.8) is 0 Å². The van der Waals surface area contributed by atoms with Gasteiger partial charge in [-0.3, -0.25) is 4.79 Å². The summed E-state index contributed by atoms with van der Waals surface area (Å²) in [5.74, 6) is -0.718. The van der Waals surface area contributed by atoms with Crippen LogP contribution in [-0.2, 0) is 14.3 Å². The second-order valence-electron chi connectivity index (χ2n) is 5.28. The van der Waals surface area contributed by atoms with E-state index in [1.807, 2.05) is 0 Å². The first-order valence-corrected chi connectivity index (χ1v) is 6.87. The molecule has 0 aromatic heterocycles. The largest absolute Gasteiger partial charge is 0.481 e. The Kier molecular flexibility index (Phi) is 4.97. The maximum atomic E-state index is 10.4. The van der Waals surface area contributed by atoms with Crippen LogP contribution in [0.5, 0.6) is 0 Å². The molecule has 0 saturated carbocycles. The van der Waals surface area contributed by atoms with Gasteiger partial charge in [-0.2, -0.15) is 0 Å². The van der Waals surface area contributed by atoms with Crippen molar-refractivity contribution in [3.8, 4) is 0 Å². The van der Waals surface area contributed by atoms with Gasteiger partial charge in [0.2, 0.25) is 0 Å². The van der Waals surface area contributed by atoms with Crippen LogP contribution in [0.1, 0.15) is 38.5 Å². The Morgan fingerprint density at radius 3 is 2.83 bits per heavy atom. The maximum Gasteiger partial charge on any atom is 0.303 e. The number of carbonyl (C=O) groups is 1. The third-order valence-corrected chi connectivity index (χ3v) is 3.90. The summed E-state index contributed by atoms with van der Waals surface area (Å²) in [7, 11) is 0. The average molecular weight is 257 g/mol. The molecule has 5 nitrogen and oxygen atoms in total. The molecule has 2 N–H and O–H groups in total. The molecule has 2 fully saturated rings. The van der Waals surface area contributed by atoms with Gasteiger partial charge in [0.05, 0.1) is 5.60 Å². The Labute approximate surface area is 108 Å². The van der Waals surface area contributed by atoms with Crippen LogP contribution in [0, 0.1) is 0 Å². The van der Waals surface area contributed by atoms with E-state index in [1.165, 1.54) is 0 Å². The van der Waals surface area contributed by atoms with E-state index in [0.717, 1.165) is 52.0 Å². The SMILES string of the molecule is O=C(O)CCCNC1CCOC2(CCOCC2)C1. The van der Waals surface area contributed by atoms with Gasteiger partial charge >= 0.3 is 5.97 Å². The van der Waals surface area contributed by atoms with E-state index < -0.39 is 5.97 Å². The van der Waals surface area contributed by atoms with Gasteiger partial charge in [0.15, 0.2) is 0 Å². The summed E-state index contributed by atoms with van der Waals surface area (Å²) in [6, 6.07) is 0.464. The lowest BCUT2D eigenvalue weighted by Gasteiger charge is -2.43. The minimum atomic E-state index is -0.718. The van der Waals surface area contributed by atoms with Crippen molar-refractivity contribution in [1.29, 1.82) is 0 Å². The van der Waals surface area contributed by atoms with Crippen LogP contribution in [0.25, 0.3) is 0 Å². The van der Waals surface area contributed by atoms with E-state index in [4.69, 9.17) is 14.6 Å². The Balaban J connectivity index is 1.71. The minimum absolute atomic E-state index is 0.0148. The molecule has 0 radical (unpaired) electrons. The molecule has 18 heavy (non-hydrogen) atoms. The summed E-state index contributed by atoms with van der Waals surface area (Å²) in [4.78, 5) is 10.4. The van der Waals surface area contributed by atoms with Gasteiger partial charge in [0, 0.05) is 32.3 Å². The molecule has 1 spiro atoms. The molecular weight excluding hydrogens is 234 g/mol. The van der Waals surface area contributed by atoms with Gasteiger partial charge < -0.3 is 19.9 Å². The van der Waals surface area contributed by atoms with Crippen LogP contribution < -0.4 is 5.32 Å². The lowest BCUT2D eigenvalue weighted by molar-refractivity contribution is -0.140. The summed E-state index contributed by atoms with van der Waals surface area (Å²) in [5.41, 5.74) is 0.0148. The van der Waals surface area contributed by atoms with Crippen molar-refractivity contribution in [2.24, 2.45) is 0 Å². The van der Waals surface area contributed by atoms with Crippen LogP contribution in [-0.4, -0.2) is 49.1 Å². The Morgan fingerprint density at radius 2 is 2.11 bits per heavy atom. The topological polar surface area (TPSA) is 67.8 Å². The molecule has 2 heterocycles. The molecule has 2 aliphatic rings. The summed E-state index contributed by atoms with van der Waals surface area (Å²) >= 11 is 0. The summed E-state index contributed by atoms with van der Waals surface area (Å²) in [6.45, 7) is 3.18. The molecule has 0 amide bonds. The number of hydrogen-bond donors (Lipinski definition) is 2. The van der Waals surface area contributed by atoms with Gasteiger partial charge in [-0.1, -0.05) is 0 Å². The zero-order chi connectivity index (χ0) is 12.8. The number of nitrogens with one attached hydrogen (secondary N) is 1. The van der Waals surface area contributed by atoms with Gasteiger partial charge in [-0.25, -0.2) is 0 Å². The van der Waals surface area contributed by atoms with Gasteiger partial charge in [-0.15, -0.1) is 0 Å². The molecule has 2 aliphatic heterocycles. The zero-order valence-corrected chi connectivity index (χ0v) is 10.8. The number of carboxylic acid groups (broad SMARTS) is 1. The van der Waals surface area contributed by atoms with Crippen molar-refractivity contribution in [3.05, 3.63) is 0 Å². The number of carboxylic acids is 1. The highest BCUT2D eigenvalue weighted by Crippen LogP contribution is 2.34. The van der Waals surface area contributed by atoms with Crippen LogP contribution in [0.2, 0.25) is 0 Å². The highest BCUT2D eigenvalue weighted by atomic mass is 16.5. The van der Waals surface area contributed by atoms with Crippen molar-refractivity contribution in [2.75, 3.05) is 26.4 Å². The lowest BCUT2D eigenvalue weighted by Crippen LogP contribution is -2.50. The fourth-order valence-corrected chi connectivity index (χ4v) is 2.84. The molecule has 0 aliphatic carbocycles. The summed E-state index contributed by atoms with van der Waals surface area (Å²) in [5, 5.41) is 12.1. The van der Waals surface area contributed by atoms with Crippen molar-refractivity contribution in [1.82, 2.24) is 5.32 Å².